The maximum absolute atomic E-state index is 14.0. The summed E-state index contributed by atoms with van der Waals surface area (Å²) in [6, 6.07) is 17.3. The molecular weight excluding hydrogens is 635 g/mol. The van der Waals surface area contributed by atoms with Gasteiger partial charge in [0.15, 0.2) is 16.3 Å². The predicted molar refractivity (Wildman–Crippen MR) is 176 cm³/mol. The summed E-state index contributed by atoms with van der Waals surface area (Å²) in [7, 11) is 1.55. The molecule has 0 spiro atoms. The number of allylic oxidation sites excluding steroid dienone is 1. The van der Waals surface area contributed by atoms with Crippen LogP contribution in [0.1, 0.15) is 50.4 Å². The number of benzene rings is 3. The van der Waals surface area contributed by atoms with Gasteiger partial charge < -0.3 is 18.9 Å². The normalized spacial score (nSPS) is 14.7. The van der Waals surface area contributed by atoms with Crippen molar-refractivity contribution in [1.82, 2.24) is 4.57 Å². The highest BCUT2D eigenvalue weighted by atomic mass is 35.5. The minimum absolute atomic E-state index is 0.219. The maximum atomic E-state index is 14.0. The molecule has 4 aromatic rings. The van der Waals surface area contributed by atoms with E-state index in [1.54, 1.807) is 62.8 Å². The van der Waals surface area contributed by atoms with Gasteiger partial charge in [0.2, 0.25) is 0 Å². The van der Waals surface area contributed by atoms with Gasteiger partial charge in [0.1, 0.15) is 12.4 Å². The smallest absolute Gasteiger partial charge is 0.338 e. The van der Waals surface area contributed by atoms with Crippen LogP contribution in [0.4, 0.5) is 0 Å². The molecule has 0 fully saturated rings. The Labute approximate surface area is 274 Å². The summed E-state index contributed by atoms with van der Waals surface area (Å²) in [5.41, 5.74) is 2.77. The molecule has 0 unspecified atom stereocenters. The Morgan fingerprint density at radius 1 is 1.04 bits per heavy atom. The fourth-order valence-corrected chi connectivity index (χ4v) is 6.44. The number of esters is 1. The monoisotopic (exact) mass is 666 g/mol. The molecule has 0 saturated carbocycles. The van der Waals surface area contributed by atoms with Crippen LogP contribution in [0.5, 0.6) is 17.2 Å². The molecule has 1 aromatic heterocycles. The van der Waals surface area contributed by atoms with Gasteiger partial charge in [0.25, 0.3) is 5.56 Å². The molecule has 0 saturated heterocycles. The molecular formula is C34H32Cl2N2O6S. The van der Waals surface area contributed by atoms with Crippen LogP contribution >= 0.6 is 34.5 Å². The number of rotatable bonds is 10. The third-order valence-corrected chi connectivity index (χ3v) is 8.54. The van der Waals surface area contributed by atoms with Crippen molar-refractivity contribution >= 4 is 46.6 Å². The van der Waals surface area contributed by atoms with Crippen LogP contribution in [-0.4, -0.2) is 30.4 Å². The van der Waals surface area contributed by atoms with Gasteiger partial charge in [-0.3, -0.25) is 9.36 Å². The Morgan fingerprint density at radius 3 is 2.47 bits per heavy atom. The van der Waals surface area contributed by atoms with Crippen molar-refractivity contribution in [3.05, 3.63) is 118 Å². The molecule has 3 aromatic carbocycles. The lowest BCUT2D eigenvalue weighted by molar-refractivity contribution is -0.143. The molecule has 0 radical (unpaired) electrons. The first kappa shape index (κ1) is 32.3. The number of fused-ring (bicyclic) bond motifs is 1. The van der Waals surface area contributed by atoms with E-state index >= 15 is 0 Å². The van der Waals surface area contributed by atoms with Crippen molar-refractivity contribution in [3.63, 3.8) is 0 Å². The number of carbonyl (C=O) groups excluding carboxylic acids is 1. The first-order valence-electron chi connectivity index (χ1n) is 14.3. The Balaban J connectivity index is 1.53. The van der Waals surface area contributed by atoms with E-state index in [0.717, 1.165) is 16.7 Å². The highest BCUT2D eigenvalue weighted by molar-refractivity contribution is 7.07. The molecule has 0 amide bonds. The zero-order valence-electron chi connectivity index (χ0n) is 25.4. The van der Waals surface area contributed by atoms with Crippen molar-refractivity contribution < 1.29 is 23.7 Å². The number of carbonyl (C=O) groups is 1. The number of methoxy groups -OCH3 is 1. The minimum atomic E-state index is -0.727. The summed E-state index contributed by atoms with van der Waals surface area (Å²) >= 11 is 13.5. The number of thiazole rings is 1. The lowest BCUT2D eigenvalue weighted by atomic mass is 9.96. The highest BCUT2D eigenvalue weighted by Gasteiger charge is 2.33. The van der Waals surface area contributed by atoms with E-state index in [1.165, 1.54) is 11.3 Å². The number of aromatic nitrogens is 1. The molecule has 234 valence electrons. The van der Waals surface area contributed by atoms with Gasteiger partial charge in [0.05, 0.1) is 41.7 Å². The maximum Gasteiger partial charge on any atom is 0.338 e. The van der Waals surface area contributed by atoms with E-state index in [4.69, 9.17) is 42.1 Å². The van der Waals surface area contributed by atoms with Crippen LogP contribution in [0.25, 0.3) is 6.08 Å². The predicted octanol–water partition coefficient (Wildman–Crippen LogP) is 6.48. The average Bonchev–Trinajstić information content (AvgIpc) is 3.30. The number of hydrogen-bond acceptors (Lipinski definition) is 8. The summed E-state index contributed by atoms with van der Waals surface area (Å²) in [5, 5.41) is 1.05. The minimum Gasteiger partial charge on any atom is -0.494 e. The van der Waals surface area contributed by atoms with Crippen LogP contribution in [0.3, 0.4) is 0 Å². The van der Waals surface area contributed by atoms with Crippen LogP contribution in [0, 0.1) is 0 Å². The number of hydrogen-bond donors (Lipinski definition) is 0. The average molecular weight is 668 g/mol. The lowest BCUT2D eigenvalue weighted by Crippen LogP contribution is -2.40. The fourth-order valence-electron chi connectivity index (χ4n) is 4.93. The second-order valence-corrected chi connectivity index (χ2v) is 12.3. The van der Waals surface area contributed by atoms with Crippen LogP contribution in [0.2, 0.25) is 10.0 Å². The fraction of sp³-hybridized carbons (Fsp3) is 0.265. The van der Waals surface area contributed by atoms with Gasteiger partial charge >= 0.3 is 5.97 Å². The molecule has 45 heavy (non-hydrogen) atoms. The summed E-state index contributed by atoms with van der Waals surface area (Å²) < 4.78 is 24.8. The molecule has 8 nitrogen and oxygen atoms in total. The van der Waals surface area contributed by atoms with Crippen LogP contribution in [0.15, 0.2) is 81.7 Å². The zero-order valence-corrected chi connectivity index (χ0v) is 27.8. The van der Waals surface area contributed by atoms with Gasteiger partial charge in [-0.15, -0.1) is 0 Å². The molecule has 0 bridgehead atoms. The Hall–Kier alpha value is -4.05. The molecule has 0 aliphatic carbocycles. The lowest BCUT2D eigenvalue weighted by Gasteiger charge is -2.25. The van der Waals surface area contributed by atoms with E-state index in [2.05, 4.69) is 4.99 Å². The first-order chi connectivity index (χ1) is 21.6. The van der Waals surface area contributed by atoms with Crippen LogP contribution in [-0.2, 0) is 16.1 Å². The van der Waals surface area contributed by atoms with Crippen molar-refractivity contribution in [3.8, 4) is 17.2 Å². The third-order valence-electron chi connectivity index (χ3n) is 6.97. The Kier molecular flexibility index (Phi) is 10.0. The number of nitrogens with zero attached hydrogens (tertiary/aromatic N) is 2. The van der Waals surface area contributed by atoms with Gasteiger partial charge in [0, 0.05) is 15.6 Å². The van der Waals surface area contributed by atoms with Gasteiger partial charge in [-0.2, -0.15) is 0 Å². The van der Waals surface area contributed by atoms with Gasteiger partial charge in [-0.1, -0.05) is 58.8 Å². The largest absolute Gasteiger partial charge is 0.494 e. The first-order valence-corrected chi connectivity index (χ1v) is 15.9. The Morgan fingerprint density at radius 2 is 1.80 bits per heavy atom. The Bertz CT molecular complexity index is 1950. The van der Waals surface area contributed by atoms with Crippen molar-refractivity contribution in [2.24, 2.45) is 4.99 Å². The van der Waals surface area contributed by atoms with Gasteiger partial charge in [-0.05, 0) is 81.3 Å². The molecule has 2 heterocycles. The summed E-state index contributed by atoms with van der Waals surface area (Å²) in [6.07, 6.45) is 1.43. The van der Waals surface area contributed by atoms with Crippen molar-refractivity contribution in [1.29, 1.82) is 0 Å². The standard InChI is InChI=1S/C34H32Cl2N2O6S/c1-6-42-25-12-9-22(10-13-25)31-30(33(40)44-19(2)3)20(4)37-34-38(31)32(39)29(45-34)16-21-7-14-27(28(15-21)41-5)43-18-23-8-11-24(35)17-26(23)36/h7-17,19,31H,6,18H2,1-5H3/b29-16+/t31-/m0/s1. The summed E-state index contributed by atoms with van der Waals surface area (Å²) in [4.78, 5) is 32.5. The number of halogens is 2. The van der Waals surface area contributed by atoms with E-state index in [0.29, 0.717) is 54.5 Å². The zero-order chi connectivity index (χ0) is 32.2. The second-order valence-electron chi connectivity index (χ2n) is 10.5. The summed E-state index contributed by atoms with van der Waals surface area (Å²) in [5.74, 6) is 1.18. The second kappa shape index (κ2) is 13.9. The van der Waals surface area contributed by atoms with Crippen LogP contribution < -0.4 is 29.1 Å². The topological polar surface area (TPSA) is 88.4 Å². The van der Waals surface area contributed by atoms with E-state index in [9.17, 15) is 9.59 Å². The van der Waals surface area contributed by atoms with E-state index in [1.807, 2.05) is 43.3 Å². The molecule has 11 heteroatoms. The molecule has 5 rings (SSSR count). The molecule has 0 N–H and O–H groups in total. The van der Waals surface area contributed by atoms with Crippen molar-refractivity contribution in [2.45, 2.75) is 46.4 Å². The van der Waals surface area contributed by atoms with E-state index < -0.39 is 12.0 Å². The third kappa shape index (κ3) is 7.11. The SMILES string of the molecule is CCOc1ccc([C@H]2C(C(=O)OC(C)C)=C(C)N=c3s/c(=C/c4ccc(OCc5ccc(Cl)cc5Cl)c(OC)c4)c(=O)n32)cc1. The summed E-state index contributed by atoms with van der Waals surface area (Å²) in [6.45, 7) is 7.98. The molecule has 1 atom stereocenters. The molecule has 1 aliphatic heterocycles. The number of ether oxygens (including phenoxy) is 4. The van der Waals surface area contributed by atoms with Gasteiger partial charge in [-0.25, -0.2) is 9.79 Å². The quantitative estimate of drug-likeness (QED) is 0.180. The highest BCUT2D eigenvalue weighted by Crippen LogP contribution is 2.33. The van der Waals surface area contributed by atoms with Crippen molar-refractivity contribution in [2.75, 3.05) is 13.7 Å². The molecule has 1 aliphatic rings. The van der Waals surface area contributed by atoms with E-state index in [-0.39, 0.29) is 18.3 Å².